The molecule has 3 aliphatic carbocycles. The maximum absolute atomic E-state index is 14.5. The Balaban J connectivity index is 0.932. The Kier molecular flexibility index (Phi) is 22.1. The fourth-order valence-corrected chi connectivity index (χ4v) is 14.0. The summed E-state index contributed by atoms with van der Waals surface area (Å²) in [6, 6.07) is 9.77. The molecule has 2 aromatic heterocycles. The molecule has 0 spiro atoms. The molecule has 3 heterocycles. The van der Waals surface area contributed by atoms with Crippen molar-refractivity contribution in [3.05, 3.63) is 103 Å². The Hall–Kier alpha value is -4.74. The van der Waals surface area contributed by atoms with Crippen LogP contribution in [0.4, 0.5) is 5.00 Å². The highest BCUT2D eigenvalue weighted by molar-refractivity contribution is 7.16. The average Bonchev–Trinajstić information content (AvgIpc) is 3.90. The lowest BCUT2D eigenvalue weighted by Gasteiger charge is -2.30. The second-order valence-electron chi connectivity index (χ2n) is 23.5. The summed E-state index contributed by atoms with van der Waals surface area (Å²) in [5, 5.41) is 30.2. The second-order valence-corrected chi connectivity index (χ2v) is 25.0. The number of rotatable bonds is 24. The molecule has 7 rings (SSSR count). The molecule has 0 radical (unpaired) electrons. The van der Waals surface area contributed by atoms with Crippen LogP contribution in [0, 0.1) is 46.8 Å². The zero-order valence-electron chi connectivity index (χ0n) is 47.6. The van der Waals surface area contributed by atoms with Gasteiger partial charge in [-0.3, -0.25) is 9.59 Å². The third-order valence-electron chi connectivity index (χ3n) is 16.7. The highest BCUT2D eigenvalue weighted by atomic mass is 35.5. The number of Topliss-reactive ketones (excluding diaryl/α,β-unsaturated/α-hetero) is 1. The van der Waals surface area contributed by atoms with Gasteiger partial charge in [-0.1, -0.05) is 82.1 Å². The number of anilines is 1. The number of benzene rings is 1. The summed E-state index contributed by atoms with van der Waals surface area (Å²) in [6.45, 7) is 21.6. The van der Waals surface area contributed by atoms with E-state index < -0.39 is 17.4 Å². The van der Waals surface area contributed by atoms with Gasteiger partial charge in [0.25, 0.3) is 0 Å². The Bertz CT molecular complexity index is 2620. The van der Waals surface area contributed by atoms with Gasteiger partial charge in [-0.05, 0) is 183 Å². The van der Waals surface area contributed by atoms with E-state index in [-0.39, 0.29) is 35.5 Å². The van der Waals surface area contributed by atoms with Crippen molar-refractivity contribution in [1.29, 1.82) is 5.26 Å². The van der Waals surface area contributed by atoms with Crippen molar-refractivity contribution in [3.63, 3.8) is 0 Å². The molecule has 1 saturated carbocycles. The first-order valence-electron chi connectivity index (χ1n) is 29.3. The van der Waals surface area contributed by atoms with Gasteiger partial charge in [0.05, 0.1) is 35.7 Å². The van der Waals surface area contributed by atoms with Gasteiger partial charge in [-0.15, -0.1) is 11.3 Å². The number of carbonyl (C=O) groups is 2. The molecule has 7 atom stereocenters. The molecular formula is C63H89ClN6O6S. The molecule has 4 N–H and O–H groups in total. The summed E-state index contributed by atoms with van der Waals surface area (Å²) >= 11 is 7.57. The number of aryl methyl sites for hydroxylation is 1. The number of unbranched alkanes of at least 4 members (excludes halogenated alkanes) is 1. The number of nitriles is 1. The number of fused-ring (bicyclic) bond motifs is 1. The number of carbonyl (C=O) groups excluding carboxylic acids is 2. The van der Waals surface area contributed by atoms with E-state index in [9.17, 15) is 20.0 Å². The number of nitrogen functional groups attached to an aromatic ring is 1. The van der Waals surface area contributed by atoms with Gasteiger partial charge in [-0.25, -0.2) is 0 Å². The van der Waals surface area contributed by atoms with Gasteiger partial charge in [0.2, 0.25) is 17.6 Å². The number of nitrogens with one attached hydrogen (secondary N) is 1. The number of aromatic nitrogens is 2. The maximum atomic E-state index is 14.5. The quantitative estimate of drug-likeness (QED) is 0.0575. The van der Waals surface area contributed by atoms with Gasteiger partial charge >= 0.3 is 0 Å². The van der Waals surface area contributed by atoms with Gasteiger partial charge in [0.1, 0.15) is 28.4 Å². The van der Waals surface area contributed by atoms with Gasteiger partial charge in [-0.2, -0.15) is 10.2 Å². The number of hydrogen-bond donors (Lipinski definition) is 3. The molecule has 12 nitrogen and oxygen atoms in total. The predicted molar refractivity (Wildman–Crippen MR) is 310 cm³/mol. The number of aliphatic hydroxyl groups is 1. The Morgan fingerprint density at radius 2 is 1.79 bits per heavy atom. The summed E-state index contributed by atoms with van der Waals surface area (Å²) in [7, 11) is 0. The van der Waals surface area contributed by atoms with E-state index in [1.165, 1.54) is 23.3 Å². The Morgan fingerprint density at radius 1 is 1.04 bits per heavy atom. The summed E-state index contributed by atoms with van der Waals surface area (Å²) < 4.78 is 19.2. The number of nitrogens with two attached hydrogens (primary N) is 1. The van der Waals surface area contributed by atoms with Crippen molar-refractivity contribution in [1.82, 2.24) is 20.4 Å². The lowest BCUT2D eigenvalue weighted by atomic mass is 9.72. The number of nitrogens with zero attached hydrogens (tertiary/aromatic N) is 4. The fourth-order valence-electron chi connectivity index (χ4n) is 12.7. The molecule has 1 fully saturated rings. The first-order chi connectivity index (χ1) is 37.0. The third kappa shape index (κ3) is 15.6. The smallest absolute Gasteiger partial charge is 0.237 e. The minimum Gasteiger partial charge on any atom is -0.494 e. The van der Waals surface area contributed by atoms with Crippen LogP contribution in [0.1, 0.15) is 198 Å². The molecule has 0 saturated heterocycles. The molecule has 1 amide bonds. The summed E-state index contributed by atoms with van der Waals surface area (Å²) in [6.07, 6.45) is 21.2. The largest absolute Gasteiger partial charge is 0.494 e. The highest BCUT2D eigenvalue weighted by Crippen LogP contribution is 2.49. The lowest BCUT2D eigenvalue weighted by molar-refractivity contribution is -0.130. The van der Waals surface area contributed by atoms with Crippen LogP contribution in [-0.2, 0) is 37.4 Å². The van der Waals surface area contributed by atoms with E-state index in [0.29, 0.717) is 90.2 Å². The minimum atomic E-state index is -0.750. The van der Waals surface area contributed by atoms with Crippen molar-refractivity contribution < 1.29 is 28.7 Å². The summed E-state index contributed by atoms with van der Waals surface area (Å²) in [5.74, 6) is 2.32. The third-order valence-corrected chi connectivity index (χ3v) is 18.0. The minimum absolute atomic E-state index is 0.0338. The van der Waals surface area contributed by atoms with Crippen LogP contribution in [0.2, 0.25) is 5.02 Å². The van der Waals surface area contributed by atoms with Crippen LogP contribution >= 0.6 is 22.9 Å². The van der Waals surface area contributed by atoms with Gasteiger partial charge in [0, 0.05) is 58.5 Å². The van der Waals surface area contributed by atoms with Crippen molar-refractivity contribution in [3.8, 4) is 6.07 Å². The van der Waals surface area contributed by atoms with Crippen molar-refractivity contribution in [2.75, 3.05) is 32.0 Å². The van der Waals surface area contributed by atoms with Gasteiger partial charge < -0.3 is 35.1 Å². The van der Waals surface area contributed by atoms with E-state index in [1.54, 1.807) is 17.7 Å². The van der Waals surface area contributed by atoms with E-state index in [2.05, 4.69) is 82.1 Å². The molecule has 420 valence electrons. The number of halogens is 1. The molecular weight excluding hydrogens is 1000 g/mol. The number of ether oxygens (including phenoxy) is 2. The Morgan fingerprint density at radius 3 is 2.52 bits per heavy atom. The van der Waals surface area contributed by atoms with Crippen LogP contribution in [0.3, 0.4) is 0 Å². The van der Waals surface area contributed by atoms with Crippen LogP contribution in [0.25, 0.3) is 5.57 Å². The number of thiophene rings is 1. The molecule has 1 aliphatic heterocycles. The molecule has 0 bridgehead atoms. The van der Waals surface area contributed by atoms with E-state index in [0.717, 1.165) is 124 Å². The van der Waals surface area contributed by atoms with Crippen LogP contribution < -0.4 is 11.1 Å². The van der Waals surface area contributed by atoms with E-state index in [1.807, 2.05) is 25.1 Å². The SMILES string of the molecule is CCC1=C(C(CC)CCCN(CCCCOC2=CCC(C)OC(C(C(=O)C3CC[C@H](C(=O)NCc4ccc(Cl)cc4)C[C@@H](O)C3)C(C)C)=C2)CC(C)C)CCCC/C=C\1c1noc([C@@]2(C)CCCc3sc(N)c(C#N)c32)n1. The van der Waals surface area contributed by atoms with Crippen LogP contribution in [0.5, 0.6) is 0 Å². The number of aliphatic hydroxyl groups excluding tert-OH is 1. The van der Waals surface area contributed by atoms with Crippen LogP contribution in [0.15, 0.2) is 69.7 Å². The lowest BCUT2D eigenvalue weighted by Crippen LogP contribution is -2.32. The zero-order valence-corrected chi connectivity index (χ0v) is 49.1. The van der Waals surface area contributed by atoms with Crippen molar-refractivity contribution in [2.45, 2.75) is 195 Å². The predicted octanol–water partition coefficient (Wildman–Crippen LogP) is 14.0. The number of amides is 1. The number of hydrogen-bond acceptors (Lipinski definition) is 12. The molecule has 3 aromatic rings. The summed E-state index contributed by atoms with van der Waals surface area (Å²) in [5.41, 5.74) is 12.3. The van der Waals surface area contributed by atoms with Gasteiger partial charge in [0.15, 0.2) is 0 Å². The molecule has 14 heteroatoms. The Labute approximate surface area is 469 Å². The molecule has 4 aliphatic rings. The topological polar surface area (TPSA) is 177 Å². The second kappa shape index (κ2) is 28.4. The number of ketones is 1. The van der Waals surface area contributed by atoms with Crippen molar-refractivity contribution >= 4 is 45.2 Å². The highest BCUT2D eigenvalue weighted by Gasteiger charge is 2.44. The maximum Gasteiger partial charge on any atom is 0.237 e. The zero-order chi connectivity index (χ0) is 55.2. The van der Waals surface area contributed by atoms with Crippen LogP contribution in [-0.4, -0.2) is 70.3 Å². The summed E-state index contributed by atoms with van der Waals surface area (Å²) in [4.78, 5) is 36.8. The first kappa shape index (κ1) is 59.9. The van der Waals surface area contributed by atoms with Crippen molar-refractivity contribution in [2.24, 2.45) is 35.5 Å². The standard InChI is InChI=1S/C63H89ClN6O6S/c1-9-44(51-19-12-11-13-20-52(50(51)10-2)60-68-62(76-69-60)63(8)30-16-21-55-57(63)53(37-65)59(66)77-55)18-17-32-70(39-40(3)4)31-14-15-33-74-49-29-22-42(7)75-54(36-49)56(41(5)6)58(72)45-25-26-46(35-48(71)34-45)61(73)67-38-43-23-27-47(64)28-24-43/h20,23-24,27-29,36,40-42,44-46,48,56,71H,9-19,21-22,25-26,30-35,38-39,66H2,1-8H3,(H,67,73)/b51-50?,52-20+/t42?,44?,45?,46-,48-,56?,63-/m0/s1. The van der Waals surface area contributed by atoms with E-state index >= 15 is 0 Å². The number of allylic oxidation sites excluding steroid dienone is 6. The molecule has 1 aromatic carbocycles. The molecule has 77 heavy (non-hydrogen) atoms. The monoisotopic (exact) mass is 1090 g/mol. The van der Waals surface area contributed by atoms with E-state index in [4.69, 9.17) is 36.3 Å². The normalized spacial score (nSPS) is 23.8. The fraction of sp³-hybridized carbons (Fsp3) is 0.635. The first-order valence-corrected chi connectivity index (χ1v) is 30.5. The molecule has 4 unspecified atom stereocenters. The average molecular weight is 1090 g/mol.